The van der Waals surface area contributed by atoms with Gasteiger partial charge >= 0.3 is 0 Å². The molecule has 1 saturated carbocycles. The van der Waals surface area contributed by atoms with Crippen LogP contribution in [0.2, 0.25) is 0 Å². The monoisotopic (exact) mass is 237 g/mol. The third-order valence-corrected chi connectivity index (χ3v) is 3.75. The van der Waals surface area contributed by atoms with Gasteiger partial charge in [-0.2, -0.15) is 5.10 Å². The minimum absolute atomic E-state index is 0.401. The first kappa shape index (κ1) is 12.4. The van der Waals surface area contributed by atoms with E-state index in [0.29, 0.717) is 12.7 Å². The Morgan fingerprint density at radius 2 is 2.24 bits per heavy atom. The highest BCUT2D eigenvalue weighted by Gasteiger charge is 2.20. The quantitative estimate of drug-likeness (QED) is 0.878. The molecule has 1 fully saturated rings. The molecule has 0 aliphatic heterocycles. The average molecular weight is 237 g/mol. The van der Waals surface area contributed by atoms with E-state index in [4.69, 9.17) is 10.5 Å². The molecule has 96 valence electrons. The van der Waals surface area contributed by atoms with E-state index in [-0.39, 0.29) is 0 Å². The lowest BCUT2D eigenvalue weighted by Gasteiger charge is -2.26. The largest absolute Gasteiger partial charge is 0.384 e. The first-order valence-electron chi connectivity index (χ1n) is 6.47. The Balaban J connectivity index is 1.93. The van der Waals surface area contributed by atoms with Gasteiger partial charge in [0.15, 0.2) is 0 Å². The van der Waals surface area contributed by atoms with Crippen molar-refractivity contribution in [2.45, 2.75) is 52.2 Å². The second kappa shape index (κ2) is 5.08. The number of aryl methyl sites for hydroxylation is 2. The van der Waals surface area contributed by atoms with Crippen LogP contribution in [0, 0.1) is 12.8 Å². The predicted molar refractivity (Wildman–Crippen MR) is 68.6 cm³/mol. The van der Waals surface area contributed by atoms with E-state index in [9.17, 15) is 0 Å². The number of nitrogens with two attached hydrogens (primary N) is 1. The molecular formula is C13H23N3O. The fraction of sp³-hybridized carbons (Fsp3) is 0.769. The van der Waals surface area contributed by atoms with E-state index in [1.165, 1.54) is 25.7 Å². The van der Waals surface area contributed by atoms with Gasteiger partial charge in [0, 0.05) is 12.6 Å². The van der Waals surface area contributed by atoms with Crippen LogP contribution in [0.1, 0.15) is 43.9 Å². The lowest BCUT2D eigenvalue weighted by molar-refractivity contribution is 0.00472. The number of rotatable bonds is 3. The van der Waals surface area contributed by atoms with Gasteiger partial charge in [-0.15, -0.1) is 0 Å². The minimum atomic E-state index is 0.401. The molecule has 1 aromatic rings. The number of anilines is 1. The maximum atomic E-state index is 5.98. The minimum Gasteiger partial charge on any atom is -0.384 e. The van der Waals surface area contributed by atoms with Gasteiger partial charge in [-0.25, -0.2) is 0 Å². The van der Waals surface area contributed by atoms with Gasteiger partial charge in [-0.1, -0.05) is 19.8 Å². The highest BCUT2D eigenvalue weighted by atomic mass is 16.5. The van der Waals surface area contributed by atoms with Crippen molar-refractivity contribution in [3.05, 3.63) is 11.3 Å². The van der Waals surface area contributed by atoms with Crippen LogP contribution in [-0.2, 0) is 18.4 Å². The predicted octanol–water partition coefficient (Wildman–Crippen LogP) is 2.41. The molecule has 1 heterocycles. The van der Waals surface area contributed by atoms with E-state index in [0.717, 1.165) is 23.0 Å². The van der Waals surface area contributed by atoms with Gasteiger partial charge in [-0.05, 0) is 25.7 Å². The van der Waals surface area contributed by atoms with Crippen molar-refractivity contribution in [2.24, 2.45) is 13.0 Å². The summed E-state index contributed by atoms with van der Waals surface area (Å²) in [5.41, 5.74) is 7.99. The number of hydrogen-bond acceptors (Lipinski definition) is 3. The van der Waals surface area contributed by atoms with Crippen LogP contribution in [0.25, 0.3) is 0 Å². The third-order valence-electron chi connectivity index (χ3n) is 3.75. The molecular weight excluding hydrogens is 214 g/mol. The van der Waals surface area contributed by atoms with Gasteiger partial charge in [0.05, 0.1) is 18.4 Å². The second-order valence-electron chi connectivity index (χ2n) is 5.28. The molecule has 0 bridgehead atoms. The van der Waals surface area contributed by atoms with Gasteiger partial charge in [0.25, 0.3) is 0 Å². The van der Waals surface area contributed by atoms with E-state index < -0.39 is 0 Å². The molecule has 0 amide bonds. The van der Waals surface area contributed by atoms with Gasteiger partial charge in [0.1, 0.15) is 5.82 Å². The molecule has 0 spiro atoms. The summed E-state index contributed by atoms with van der Waals surface area (Å²) in [7, 11) is 1.87. The SMILES string of the molecule is Cc1nn(C)c(N)c1COC1CCCC(C)C1. The number of nitrogens with zero attached hydrogens (tertiary/aromatic N) is 2. The van der Waals surface area contributed by atoms with Crippen molar-refractivity contribution in [1.82, 2.24) is 9.78 Å². The van der Waals surface area contributed by atoms with Gasteiger partial charge in [0.2, 0.25) is 0 Å². The van der Waals surface area contributed by atoms with Crippen LogP contribution in [0.5, 0.6) is 0 Å². The number of ether oxygens (including phenoxy) is 1. The Morgan fingerprint density at radius 3 is 2.82 bits per heavy atom. The summed E-state index contributed by atoms with van der Waals surface area (Å²) in [6.45, 7) is 4.89. The number of nitrogen functional groups attached to an aromatic ring is 1. The number of hydrogen-bond donors (Lipinski definition) is 1. The van der Waals surface area contributed by atoms with Crippen molar-refractivity contribution in [3.8, 4) is 0 Å². The highest BCUT2D eigenvalue weighted by Crippen LogP contribution is 2.27. The summed E-state index contributed by atoms with van der Waals surface area (Å²) >= 11 is 0. The van der Waals surface area contributed by atoms with Crippen molar-refractivity contribution in [3.63, 3.8) is 0 Å². The van der Waals surface area contributed by atoms with Crippen LogP contribution in [-0.4, -0.2) is 15.9 Å². The third kappa shape index (κ3) is 2.80. The molecule has 17 heavy (non-hydrogen) atoms. The lowest BCUT2D eigenvalue weighted by Crippen LogP contribution is -2.21. The highest BCUT2D eigenvalue weighted by molar-refractivity contribution is 5.42. The molecule has 2 atom stereocenters. The van der Waals surface area contributed by atoms with Crippen LogP contribution >= 0.6 is 0 Å². The summed E-state index contributed by atoms with van der Waals surface area (Å²) in [6.07, 6.45) is 5.39. The topological polar surface area (TPSA) is 53.1 Å². The molecule has 1 aliphatic carbocycles. The second-order valence-corrected chi connectivity index (χ2v) is 5.28. The summed E-state index contributed by atoms with van der Waals surface area (Å²) < 4.78 is 7.70. The summed E-state index contributed by atoms with van der Waals surface area (Å²) in [6, 6.07) is 0. The molecule has 0 saturated heterocycles. The molecule has 1 aliphatic rings. The molecule has 0 aromatic carbocycles. The summed E-state index contributed by atoms with van der Waals surface area (Å²) in [5, 5.41) is 4.30. The Morgan fingerprint density at radius 1 is 1.47 bits per heavy atom. The Hall–Kier alpha value is -1.03. The van der Waals surface area contributed by atoms with Gasteiger partial charge < -0.3 is 10.5 Å². The fourth-order valence-corrected chi connectivity index (χ4v) is 2.63. The average Bonchev–Trinajstić information content (AvgIpc) is 2.51. The molecule has 4 nitrogen and oxygen atoms in total. The lowest BCUT2D eigenvalue weighted by atomic mass is 9.89. The zero-order chi connectivity index (χ0) is 12.4. The zero-order valence-electron chi connectivity index (χ0n) is 11.1. The van der Waals surface area contributed by atoms with E-state index in [1.54, 1.807) is 4.68 Å². The molecule has 2 rings (SSSR count). The Labute approximate surface area is 103 Å². The van der Waals surface area contributed by atoms with Crippen molar-refractivity contribution < 1.29 is 4.74 Å². The number of aromatic nitrogens is 2. The molecule has 1 aromatic heterocycles. The Bertz CT molecular complexity index is 386. The van der Waals surface area contributed by atoms with Crippen LogP contribution in [0.3, 0.4) is 0 Å². The summed E-state index contributed by atoms with van der Waals surface area (Å²) in [5.74, 6) is 1.52. The van der Waals surface area contributed by atoms with Crippen molar-refractivity contribution >= 4 is 5.82 Å². The first-order valence-corrected chi connectivity index (χ1v) is 6.47. The van der Waals surface area contributed by atoms with Crippen LogP contribution in [0.15, 0.2) is 0 Å². The fourth-order valence-electron chi connectivity index (χ4n) is 2.63. The van der Waals surface area contributed by atoms with Crippen LogP contribution in [0.4, 0.5) is 5.82 Å². The zero-order valence-corrected chi connectivity index (χ0v) is 11.1. The van der Waals surface area contributed by atoms with Gasteiger partial charge in [-0.3, -0.25) is 4.68 Å². The van der Waals surface area contributed by atoms with Crippen LogP contribution < -0.4 is 5.73 Å². The normalized spacial score (nSPS) is 25.1. The summed E-state index contributed by atoms with van der Waals surface area (Å²) in [4.78, 5) is 0. The van der Waals surface area contributed by atoms with Crippen molar-refractivity contribution in [2.75, 3.05) is 5.73 Å². The maximum Gasteiger partial charge on any atom is 0.127 e. The standard InChI is InChI=1S/C13H23N3O/c1-9-5-4-6-11(7-9)17-8-12-10(2)15-16(3)13(12)14/h9,11H,4-8,14H2,1-3H3. The first-order chi connectivity index (χ1) is 8.08. The maximum absolute atomic E-state index is 5.98. The smallest absolute Gasteiger partial charge is 0.127 e. The molecule has 4 heteroatoms. The molecule has 2 N–H and O–H groups in total. The molecule has 2 unspecified atom stereocenters. The Kier molecular flexibility index (Phi) is 3.72. The van der Waals surface area contributed by atoms with E-state index >= 15 is 0 Å². The van der Waals surface area contributed by atoms with E-state index in [1.807, 2.05) is 14.0 Å². The molecule has 0 radical (unpaired) electrons. The van der Waals surface area contributed by atoms with E-state index in [2.05, 4.69) is 12.0 Å². The van der Waals surface area contributed by atoms with Crippen molar-refractivity contribution in [1.29, 1.82) is 0 Å².